The molecule has 2 aromatic heterocycles. The van der Waals surface area contributed by atoms with E-state index in [-0.39, 0.29) is 4.34 Å². The second-order valence-electron chi connectivity index (χ2n) is 3.77. The van der Waals surface area contributed by atoms with Gasteiger partial charge < -0.3 is 0 Å². The predicted molar refractivity (Wildman–Crippen MR) is 75.4 cm³/mol. The van der Waals surface area contributed by atoms with E-state index in [1.54, 1.807) is 6.20 Å². The third-order valence-corrected chi connectivity index (χ3v) is 5.17. The van der Waals surface area contributed by atoms with E-state index in [4.69, 9.17) is 5.14 Å². The maximum absolute atomic E-state index is 11.2. The van der Waals surface area contributed by atoms with Crippen LogP contribution in [0.4, 0.5) is 0 Å². The van der Waals surface area contributed by atoms with Crippen LogP contribution in [0.1, 0.15) is 0 Å². The number of fused-ring (bicyclic) bond motifs is 1. The van der Waals surface area contributed by atoms with E-state index in [0.717, 1.165) is 27.1 Å². The molecule has 9 heteroatoms. The summed E-state index contributed by atoms with van der Waals surface area (Å²) in [6.07, 6.45) is 1.67. The van der Waals surface area contributed by atoms with Crippen LogP contribution < -0.4 is 5.14 Å². The molecule has 0 fully saturated rings. The van der Waals surface area contributed by atoms with Crippen molar-refractivity contribution in [3.05, 3.63) is 34.9 Å². The Morgan fingerprint density at radius 2 is 1.95 bits per heavy atom. The molecular formula is C10H7BrN4O2S2. The molecule has 0 radical (unpaired) electrons. The smallest absolute Gasteiger partial charge is 0.223 e. The summed E-state index contributed by atoms with van der Waals surface area (Å²) < 4.78 is 24.6. The Balaban J connectivity index is 2.08. The molecule has 1 aromatic carbocycles. The maximum atomic E-state index is 11.2. The van der Waals surface area contributed by atoms with Crippen molar-refractivity contribution in [3.8, 4) is 11.3 Å². The first-order chi connectivity index (χ1) is 8.93. The van der Waals surface area contributed by atoms with Crippen molar-refractivity contribution in [2.24, 2.45) is 5.14 Å². The van der Waals surface area contributed by atoms with Crippen LogP contribution in [0.3, 0.4) is 0 Å². The number of nitrogens with two attached hydrogens (primary N) is 1. The highest BCUT2D eigenvalue weighted by atomic mass is 79.9. The van der Waals surface area contributed by atoms with Crippen molar-refractivity contribution in [3.63, 3.8) is 0 Å². The highest BCUT2D eigenvalue weighted by molar-refractivity contribution is 9.10. The van der Waals surface area contributed by atoms with E-state index in [1.165, 1.54) is 4.52 Å². The molecule has 3 aromatic rings. The van der Waals surface area contributed by atoms with Gasteiger partial charge in [-0.15, -0.1) is 5.10 Å². The zero-order valence-electron chi connectivity index (χ0n) is 9.32. The standard InChI is InChI=1S/C10H7BrN4O2S2/c11-7-3-1-6(2-4-7)8-5-15-9(13-8)18-10(14-15)19(12,16)17/h1-5H,(H2,12,16,17). The van der Waals surface area contributed by atoms with Crippen molar-refractivity contribution >= 4 is 42.3 Å². The third kappa shape index (κ3) is 2.41. The minimum absolute atomic E-state index is 0.141. The summed E-state index contributed by atoms with van der Waals surface area (Å²) in [6, 6.07) is 7.65. The molecule has 0 unspecified atom stereocenters. The summed E-state index contributed by atoms with van der Waals surface area (Å²) in [7, 11) is -3.78. The zero-order chi connectivity index (χ0) is 13.6. The molecule has 0 bridgehead atoms. The van der Waals surface area contributed by atoms with E-state index < -0.39 is 10.0 Å². The lowest BCUT2D eigenvalue weighted by Crippen LogP contribution is -2.12. The van der Waals surface area contributed by atoms with Gasteiger partial charge in [-0.3, -0.25) is 0 Å². The van der Waals surface area contributed by atoms with Crippen LogP contribution in [0.15, 0.2) is 39.3 Å². The first kappa shape index (κ1) is 12.7. The summed E-state index contributed by atoms with van der Waals surface area (Å²) in [4.78, 5) is 4.82. The molecule has 0 aliphatic heterocycles. The first-order valence-electron chi connectivity index (χ1n) is 5.08. The molecule has 2 N–H and O–H groups in total. The monoisotopic (exact) mass is 358 g/mol. The summed E-state index contributed by atoms with van der Waals surface area (Å²) in [5.74, 6) is 0. The Kier molecular flexibility index (Phi) is 2.93. The maximum Gasteiger partial charge on any atom is 0.267 e. The summed E-state index contributed by atoms with van der Waals surface area (Å²) in [6.45, 7) is 0. The minimum Gasteiger partial charge on any atom is -0.223 e. The number of hydrogen-bond donors (Lipinski definition) is 1. The summed E-state index contributed by atoms with van der Waals surface area (Å²) >= 11 is 4.30. The number of benzene rings is 1. The Morgan fingerprint density at radius 3 is 2.53 bits per heavy atom. The van der Waals surface area contributed by atoms with E-state index in [2.05, 4.69) is 26.0 Å². The molecule has 2 heterocycles. The van der Waals surface area contributed by atoms with Gasteiger partial charge in [0, 0.05) is 10.0 Å². The van der Waals surface area contributed by atoms with Crippen LogP contribution in [0.5, 0.6) is 0 Å². The fourth-order valence-corrected chi connectivity index (χ4v) is 3.33. The van der Waals surface area contributed by atoms with Gasteiger partial charge in [-0.2, -0.15) is 0 Å². The fourth-order valence-electron chi connectivity index (χ4n) is 1.56. The molecule has 0 saturated heterocycles. The van der Waals surface area contributed by atoms with E-state index in [9.17, 15) is 8.42 Å². The van der Waals surface area contributed by atoms with Gasteiger partial charge in [0.15, 0.2) is 0 Å². The topological polar surface area (TPSA) is 90.4 Å². The quantitative estimate of drug-likeness (QED) is 0.756. The SMILES string of the molecule is NS(=O)(=O)c1nn2cc(-c3ccc(Br)cc3)nc2s1. The number of primary sulfonamides is 1. The molecule has 0 aliphatic carbocycles. The van der Waals surface area contributed by atoms with Gasteiger partial charge in [0.25, 0.3) is 10.0 Å². The van der Waals surface area contributed by atoms with Crippen LogP contribution in [-0.4, -0.2) is 23.0 Å². The Hall–Kier alpha value is -1.29. The molecule has 3 rings (SSSR count). The lowest BCUT2D eigenvalue weighted by Gasteiger charge is -1.95. The van der Waals surface area contributed by atoms with Crippen molar-refractivity contribution in [1.82, 2.24) is 14.6 Å². The number of halogens is 1. The van der Waals surface area contributed by atoms with Crippen molar-refractivity contribution in [2.75, 3.05) is 0 Å². The molecular weight excluding hydrogens is 352 g/mol. The molecule has 0 atom stereocenters. The molecule has 0 saturated carbocycles. The first-order valence-corrected chi connectivity index (χ1v) is 8.24. The van der Waals surface area contributed by atoms with Gasteiger partial charge in [-0.1, -0.05) is 39.4 Å². The predicted octanol–water partition coefficient (Wildman–Crippen LogP) is 1.87. The molecule has 19 heavy (non-hydrogen) atoms. The number of sulfonamides is 1. The van der Waals surface area contributed by atoms with Gasteiger partial charge in [0.1, 0.15) is 0 Å². The lowest BCUT2D eigenvalue weighted by atomic mass is 10.2. The number of imidazole rings is 1. The fraction of sp³-hybridized carbons (Fsp3) is 0. The number of nitrogens with zero attached hydrogens (tertiary/aromatic N) is 3. The van der Waals surface area contributed by atoms with Crippen molar-refractivity contribution < 1.29 is 8.42 Å². The summed E-state index contributed by atoms with van der Waals surface area (Å²) in [5, 5.41) is 8.92. The second kappa shape index (κ2) is 4.37. The van der Waals surface area contributed by atoms with E-state index in [1.807, 2.05) is 24.3 Å². The van der Waals surface area contributed by atoms with Crippen LogP contribution >= 0.6 is 27.3 Å². The van der Waals surface area contributed by atoms with Gasteiger partial charge in [-0.05, 0) is 12.1 Å². The average molecular weight is 359 g/mol. The highest BCUT2D eigenvalue weighted by Crippen LogP contribution is 2.24. The third-order valence-electron chi connectivity index (χ3n) is 2.41. The van der Waals surface area contributed by atoms with Crippen molar-refractivity contribution in [1.29, 1.82) is 0 Å². The largest absolute Gasteiger partial charge is 0.267 e. The van der Waals surface area contributed by atoms with Crippen LogP contribution in [0.25, 0.3) is 16.2 Å². The van der Waals surface area contributed by atoms with Crippen LogP contribution in [0.2, 0.25) is 0 Å². The highest BCUT2D eigenvalue weighted by Gasteiger charge is 2.17. The zero-order valence-corrected chi connectivity index (χ0v) is 12.5. The van der Waals surface area contributed by atoms with Gasteiger partial charge in [0.2, 0.25) is 9.30 Å². The molecule has 0 amide bonds. The van der Waals surface area contributed by atoms with E-state index >= 15 is 0 Å². The second-order valence-corrected chi connectivity index (χ2v) is 7.38. The van der Waals surface area contributed by atoms with Crippen LogP contribution in [-0.2, 0) is 10.0 Å². The molecule has 0 spiro atoms. The van der Waals surface area contributed by atoms with Gasteiger partial charge in [-0.25, -0.2) is 23.1 Å². The molecule has 6 nitrogen and oxygen atoms in total. The number of rotatable bonds is 2. The van der Waals surface area contributed by atoms with Gasteiger partial charge >= 0.3 is 0 Å². The Morgan fingerprint density at radius 1 is 1.26 bits per heavy atom. The number of aromatic nitrogens is 3. The lowest BCUT2D eigenvalue weighted by molar-refractivity contribution is 0.595. The molecule has 0 aliphatic rings. The minimum atomic E-state index is -3.78. The van der Waals surface area contributed by atoms with Crippen molar-refractivity contribution in [2.45, 2.75) is 4.34 Å². The summed E-state index contributed by atoms with van der Waals surface area (Å²) in [5.41, 5.74) is 1.66. The van der Waals surface area contributed by atoms with E-state index in [0.29, 0.717) is 4.96 Å². The normalized spacial score (nSPS) is 12.1. The van der Waals surface area contributed by atoms with Crippen LogP contribution in [0, 0.1) is 0 Å². The molecule has 98 valence electrons. The Bertz CT molecular complexity index is 820. The average Bonchev–Trinajstić information content (AvgIpc) is 2.86. The Labute approximate surface area is 121 Å². The van der Waals surface area contributed by atoms with Gasteiger partial charge in [0.05, 0.1) is 11.9 Å². The number of hydrogen-bond acceptors (Lipinski definition) is 5.